The molecule has 1 N–H and O–H groups in total. The number of rotatable bonds is 4. The van der Waals surface area contributed by atoms with E-state index in [0.717, 1.165) is 23.3 Å². The van der Waals surface area contributed by atoms with Gasteiger partial charge >= 0.3 is 0 Å². The van der Waals surface area contributed by atoms with Gasteiger partial charge in [0.05, 0.1) is 22.7 Å². The molecule has 2 aromatic carbocycles. The van der Waals surface area contributed by atoms with E-state index in [-0.39, 0.29) is 0 Å². The summed E-state index contributed by atoms with van der Waals surface area (Å²) in [6, 6.07) is 18.0. The van der Waals surface area contributed by atoms with Crippen LogP contribution >= 0.6 is 0 Å². The van der Waals surface area contributed by atoms with E-state index >= 15 is 0 Å². The molecule has 0 amide bonds. The van der Waals surface area contributed by atoms with Crippen molar-refractivity contribution in [2.45, 2.75) is 71.0 Å². The number of benzene rings is 2. The van der Waals surface area contributed by atoms with Gasteiger partial charge in [-0.2, -0.15) is 0 Å². The van der Waals surface area contributed by atoms with E-state index < -0.39 is 8.24 Å². The lowest BCUT2D eigenvalue weighted by atomic mass is 9.73. The second-order valence-corrected chi connectivity index (χ2v) is 16.8. The summed E-state index contributed by atoms with van der Waals surface area (Å²) in [5.41, 5.74) is 7.80. The van der Waals surface area contributed by atoms with Crippen molar-refractivity contribution in [1.82, 2.24) is 0 Å². The molecule has 1 heterocycles. The lowest BCUT2D eigenvalue weighted by Gasteiger charge is -2.50. The third-order valence-corrected chi connectivity index (χ3v) is 13.9. The predicted octanol–water partition coefficient (Wildman–Crippen LogP) is 9.44. The Bertz CT molecular complexity index is 1090. The topological polar surface area (TPSA) is 15.3 Å². The van der Waals surface area contributed by atoms with Crippen LogP contribution in [0, 0.1) is 29.6 Å². The number of nitrogens with one attached hydrogen (secondary N) is 1. The first kappa shape index (κ1) is 23.2. The zero-order chi connectivity index (χ0) is 24.2. The summed E-state index contributed by atoms with van der Waals surface area (Å²) in [5, 5.41) is 3.73. The van der Waals surface area contributed by atoms with Crippen molar-refractivity contribution in [3.63, 3.8) is 0 Å². The smallest absolute Gasteiger partial charge is 0.160 e. The van der Waals surface area contributed by atoms with Crippen molar-refractivity contribution in [3.05, 3.63) is 72.3 Å². The molecule has 2 aromatic rings. The van der Waals surface area contributed by atoms with E-state index in [2.05, 4.69) is 104 Å². The average molecular weight is 483 g/mol. The molecule has 0 spiro atoms. The first-order valence-electron chi connectivity index (χ1n) is 14.1. The van der Waals surface area contributed by atoms with Crippen LogP contribution in [0.4, 0.5) is 22.7 Å². The highest BCUT2D eigenvalue weighted by atomic mass is 28.3. The molecule has 0 bridgehead atoms. The SMILES string of the molecule is CC(C)[C@@H]1C[C@@H]2C(C3CCCCC3)=CC=C[C@@H]2C1[Si](C)(C)N1c2ccccc2Nc2ccccc21. The zero-order valence-electron chi connectivity index (χ0n) is 22.0. The summed E-state index contributed by atoms with van der Waals surface area (Å²) < 4.78 is 2.82. The predicted molar refractivity (Wildman–Crippen MR) is 153 cm³/mol. The molecular formula is C32H42N2Si. The van der Waals surface area contributed by atoms with Gasteiger partial charge in [0.2, 0.25) is 0 Å². The van der Waals surface area contributed by atoms with Gasteiger partial charge in [-0.05, 0) is 78.7 Å². The third kappa shape index (κ3) is 3.82. The first-order chi connectivity index (χ1) is 17.0. The van der Waals surface area contributed by atoms with Gasteiger partial charge in [0.25, 0.3) is 0 Å². The Kier molecular flexibility index (Phi) is 5.95. The van der Waals surface area contributed by atoms with Crippen LogP contribution < -0.4 is 9.88 Å². The van der Waals surface area contributed by atoms with Crippen LogP contribution in [0.15, 0.2) is 72.3 Å². The summed E-state index contributed by atoms with van der Waals surface area (Å²) >= 11 is 0. The first-order valence-corrected chi connectivity index (χ1v) is 17.1. The van der Waals surface area contributed by atoms with Crippen molar-refractivity contribution in [2.24, 2.45) is 29.6 Å². The van der Waals surface area contributed by atoms with Gasteiger partial charge in [-0.15, -0.1) is 0 Å². The van der Waals surface area contributed by atoms with E-state index in [1.807, 2.05) is 5.57 Å². The Hall–Kier alpha value is -2.26. The van der Waals surface area contributed by atoms with Gasteiger partial charge < -0.3 is 9.88 Å². The molecular weight excluding hydrogens is 440 g/mol. The van der Waals surface area contributed by atoms with Gasteiger partial charge in [-0.1, -0.05) is 94.3 Å². The molecule has 6 rings (SSSR count). The van der Waals surface area contributed by atoms with Crippen LogP contribution in [-0.2, 0) is 0 Å². The molecule has 1 aliphatic heterocycles. The van der Waals surface area contributed by atoms with Gasteiger partial charge in [0.1, 0.15) is 0 Å². The standard InChI is InChI=1S/C32H42N2Si/c1-22(2)26-21-27-24(23-13-6-5-7-14-23)15-12-16-25(27)32(26)35(3,4)34-30-19-10-8-17-28(30)33-29-18-9-11-20-31(29)34/h8-12,15-20,22-23,25-27,32-33H,5-7,13-14,21H2,1-4H3/t25-,26-,27+,32?/m0/s1. The lowest BCUT2D eigenvalue weighted by molar-refractivity contribution is 0.346. The Morgan fingerprint density at radius 3 is 2.14 bits per heavy atom. The number of hydrogen-bond acceptors (Lipinski definition) is 2. The van der Waals surface area contributed by atoms with Gasteiger partial charge in [-0.3, -0.25) is 0 Å². The quantitative estimate of drug-likeness (QED) is 0.436. The Morgan fingerprint density at radius 2 is 1.51 bits per heavy atom. The second kappa shape index (κ2) is 8.99. The number of hydrogen-bond donors (Lipinski definition) is 1. The fraction of sp³-hybridized carbons (Fsp3) is 0.500. The van der Waals surface area contributed by atoms with E-state index in [4.69, 9.17) is 0 Å². The Balaban J connectivity index is 1.43. The van der Waals surface area contributed by atoms with E-state index in [1.54, 1.807) is 0 Å². The maximum absolute atomic E-state index is 3.73. The van der Waals surface area contributed by atoms with Gasteiger partial charge in [-0.25, -0.2) is 0 Å². The molecule has 4 atom stereocenters. The summed E-state index contributed by atoms with van der Waals surface area (Å²) in [4.78, 5) is 0. The highest BCUT2D eigenvalue weighted by molar-refractivity contribution is 6.84. The zero-order valence-corrected chi connectivity index (χ0v) is 23.0. The second-order valence-electron chi connectivity index (χ2n) is 12.4. The maximum Gasteiger partial charge on any atom is 0.160 e. The van der Waals surface area contributed by atoms with Crippen LogP contribution in [0.25, 0.3) is 0 Å². The van der Waals surface area contributed by atoms with Crippen LogP contribution in [0.1, 0.15) is 52.4 Å². The number of fused-ring (bicyclic) bond motifs is 3. The van der Waals surface area contributed by atoms with E-state index in [0.29, 0.717) is 11.8 Å². The maximum atomic E-state index is 3.73. The fourth-order valence-corrected chi connectivity index (χ4v) is 13.1. The van der Waals surface area contributed by atoms with E-state index in [1.165, 1.54) is 61.3 Å². The number of allylic oxidation sites excluding steroid dienone is 4. The van der Waals surface area contributed by atoms with Crippen LogP contribution in [-0.4, -0.2) is 8.24 Å². The molecule has 4 aliphatic rings. The highest BCUT2D eigenvalue weighted by Crippen LogP contribution is 2.61. The highest BCUT2D eigenvalue weighted by Gasteiger charge is 2.55. The summed E-state index contributed by atoms with van der Waals surface area (Å²) in [6.45, 7) is 10.3. The molecule has 3 aliphatic carbocycles. The van der Waals surface area contributed by atoms with Crippen LogP contribution in [0.5, 0.6) is 0 Å². The number of nitrogens with zero attached hydrogens (tertiary/aromatic N) is 1. The molecule has 1 unspecified atom stereocenters. The monoisotopic (exact) mass is 482 g/mol. The summed E-state index contributed by atoms with van der Waals surface area (Å²) in [5.74, 6) is 3.75. The van der Waals surface area contributed by atoms with Gasteiger partial charge in [0.15, 0.2) is 8.24 Å². The van der Waals surface area contributed by atoms with Crippen molar-refractivity contribution < 1.29 is 0 Å². The summed E-state index contributed by atoms with van der Waals surface area (Å²) in [6.07, 6.45) is 16.1. The minimum atomic E-state index is -1.97. The van der Waals surface area contributed by atoms with E-state index in [9.17, 15) is 0 Å². The molecule has 0 aromatic heterocycles. The third-order valence-electron chi connectivity index (χ3n) is 9.80. The molecule has 0 saturated heterocycles. The number of para-hydroxylation sites is 4. The molecule has 2 fully saturated rings. The van der Waals surface area contributed by atoms with Gasteiger partial charge in [0, 0.05) is 0 Å². The molecule has 2 nitrogen and oxygen atoms in total. The van der Waals surface area contributed by atoms with Crippen molar-refractivity contribution in [1.29, 1.82) is 0 Å². The number of anilines is 4. The Morgan fingerprint density at radius 1 is 0.886 bits per heavy atom. The van der Waals surface area contributed by atoms with Crippen molar-refractivity contribution >= 4 is 31.0 Å². The van der Waals surface area contributed by atoms with Crippen LogP contribution in [0.2, 0.25) is 18.6 Å². The lowest BCUT2D eigenvalue weighted by Crippen LogP contribution is -2.54. The Labute approximate surface area is 213 Å². The molecule has 2 saturated carbocycles. The molecule has 35 heavy (non-hydrogen) atoms. The minimum absolute atomic E-state index is 0.681. The van der Waals surface area contributed by atoms with Crippen molar-refractivity contribution in [3.8, 4) is 0 Å². The minimum Gasteiger partial charge on any atom is -0.366 e. The molecule has 184 valence electrons. The van der Waals surface area contributed by atoms with Crippen LogP contribution in [0.3, 0.4) is 0 Å². The van der Waals surface area contributed by atoms with Crippen molar-refractivity contribution in [2.75, 3.05) is 9.88 Å². The largest absolute Gasteiger partial charge is 0.366 e. The normalized spacial score (nSPS) is 28.3. The molecule has 0 radical (unpaired) electrons. The average Bonchev–Trinajstić information content (AvgIpc) is 3.29. The summed E-state index contributed by atoms with van der Waals surface area (Å²) in [7, 11) is -1.97. The molecule has 3 heteroatoms. The fourth-order valence-electron chi connectivity index (χ4n) is 8.31.